The standard InChI is InChI=1S/C12H12N4O3/c13-8-4-1-6(5-9(8)17)12-15-10(16-19-12)11(18)14-7-2-3-7/h1,4-5,7,17H,2-3,13H2,(H,14,18). The van der Waals surface area contributed by atoms with Crippen molar-refractivity contribution in [2.75, 3.05) is 5.73 Å². The summed E-state index contributed by atoms with van der Waals surface area (Å²) in [4.78, 5) is 15.7. The molecule has 0 radical (unpaired) electrons. The number of nitrogens with two attached hydrogens (primary N) is 1. The summed E-state index contributed by atoms with van der Waals surface area (Å²) in [7, 11) is 0. The van der Waals surface area contributed by atoms with E-state index in [0.29, 0.717) is 5.56 Å². The van der Waals surface area contributed by atoms with Crippen molar-refractivity contribution in [1.82, 2.24) is 15.5 Å². The summed E-state index contributed by atoms with van der Waals surface area (Å²) in [5.74, 6) is -0.272. The van der Waals surface area contributed by atoms with E-state index < -0.39 is 0 Å². The van der Waals surface area contributed by atoms with Gasteiger partial charge in [0.2, 0.25) is 0 Å². The minimum atomic E-state index is -0.350. The molecule has 98 valence electrons. The Morgan fingerprint density at radius 3 is 2.95 bits per heavy atom. The Hall–Kier alpha value is -2.57. The van der Waals surface area contributed by atoms with Gasteiger partial charge in [0.1, 0.15) is 5.75 Å². The minimum Gasteiger partial charge on any atom is -0.506 e. The topological polar surface area (TPSA) is 114 Å². The largest absolute Gasteiger partial charge is 0.506 e. The van der Waals surface area contributed by atoms with Gasteiger partial charge in [0.05, 0.1) is 5.69 Å². The third-order valence-electron chi connectivity index (χ3n) is 2.82. The molecule has 1 fully saturated rings. The highest BCUT2D eigenvalue weighted by atomic mass is 16.5. The molecule has 1 heterocycles. The summed E-state index contributed by atoms with van der Waals surface area (Å²) in [5, 5.41) is 15.9. The molecule has 7 heteroatoms. The molecule has 1 aliphatic carbocycles. The van der Waals surface area contributed by atoms with Crippen LogP contribution in [0.2, 0.25) is 0 Å². The average molecular weight is 260 g/mol. The van der Waals surface area contributed by atoms with Crippen LogP contribution in [0.1, 0.15) is 23.5 Å². The van der Waals surface area contributed by atoms with Crippen molar-refractivity contribution in [3.05, 3.63) is 24.0 Å². The first kappa shape index (κ1) is 11.5. The summed E-state index contributed by atoms with van der Waals surface area (Å²) < 4.78 is 4.99. The van der Waals surface area contributed by atoms with Crippen molar-refractivity contribution < 1.29 is 14.4 Å². The number of rotatable bonds is 3. The predicted octanol–water partition coefficient (Wildman–Crippen LogP) is 0.917. The molecule has 1 aliphatic rings. The van der Waals surface area contributed by atoms with Crippen molar-refractivity contribution in [2.45, 2.75) is 18.9 Å². The van der Waals surface area contributed by atoms with Crippen molar-refractivity contribution >= 4 is 11.6 Å². The molecule has 0 spiro atoms. The maximum absolute atomic E-state index is 11.7. The molecule has 0 bridgehead atoms. The number of phenolic OH excluding ortho intramolecular Hbond substituents is 1. The lowest BCUT2D eigenvalue weighted by Gasteiger charge is -1.99. The first-order valence-corrected chi connectivity index (χ1v) is 5.87. The molecule has 19 heavy (non-hydrogen) atoms. The van der Waals surface area contributed by atoms with Gasteiger partial charge in [0.25, 0.3) is 17.6 Å². The maximum Gasteiger partial charge on any atom is 0.292 e. The number of aromatic nitrogens is 2. The van der Waals surface area contributed by atoms with Crippen LogP contribution >= 0.6 is 0 Å². The van der Waals surface area contributed by atoms with E-state index in [4.69, 9.17) is 10.3 Å². The normalized spacial score (nSPS) is 14.3. The molecule has 3 rings (SSSR count). The van der Waals surface area contributed by atoms with Crippen molar-refractivity contribution in [1.29, 1.82) is 0 Å². The summed E-state index contributed by atoms with van der Waals surface area (Å²) in [6.07, 6.45) is 1.98. The van der Waals surface area contributed by atoms with E-state index in [2.05, 4.69) is 15.5 Å². The number of anilines is 1. The van der Waals surface area contributed by atoms with Crippen LogP contribution in [-0.2, 0) is 0 Å². The molecular weight excluding hydrogens is 248 g/mol. The van der Waals surface area contributed by atoms with E-state index in [-0.39, 0.29) is 35.1 Å². The fourth-order valence-corrected chi connectivity index (χ4v) is 1.59. The van der Waals surface area contributed by atoms with Crippen LogP contribution in [0, 0.1) is 0 Å². The van der Waals surface area contributed by atoms with E-state index >= 15 is 0 Å². The highest BCUT2D eigenvalue weighted by Crippen LogP contribution is 2.27. The van der Waals surface area contributed by atoms with Gasteiger partial charge in [-0.15, -0.1) is 0 Å². The van der Waals surface area contributed by atoms with Crippen molar-refractivity contribution in [2.24, 2.45) is 0 Å². The first-order valence-electron chi connectivity index (χ1n) is 5.87. The maximum atomic E-state index is 11.7. The van der Waals surface area contributed by atoms with Gasteiger partial charge in [-0.1, -0.05) is 5.16 Å². The zero-order chi connectivity index (χ0) is 13.4. The molecular formula is C12H12N4O3. The van der Waals surface area contributed by atoms with Crippen LogP contribution in [-0.4, -0.2) is 27.2 Å². The Kier molecular flexibility index (Phi) is 2.59. The predicted molar refractivity (Wildman–Crippen MR) is 66.3 cm³/mol. The van der Waals surface area contributed by atoms with Gasteiger partial charge in [-0.05, 0) is 31.0 Å². The number of hydrogen-bond acceptors (Lipinski definition) is 6. The van der Waals surface area contributed by atoms with E-state index in [0.717, 1.165) is 12.8 Å². The average Bonchev–Trinajstić information content (AvgIpc) is 3.06. The van der Waals surface area contributed by atoms with Crippen LogP contribution < -0.4 is 11.1 Å². The van der Waals surface area contributed by atoms with E-state index in [9.17, 15) is 9.90 Å². The SMILES string of the molecule is Nc1ccc(-c2nc(C(=O)NC3CC3)no2)cc1O. The molecule has 0 atom stereocenters. The van der Waals surface area contributed by atoms with Crippen LogP contribution in [0.3, 0.4) is 0 Å². The smallest absolute Gasteiger partial charge is 0.292 e. The molecule has 1 saturated carbocycles. The van der Waals surface area contributed by atoms with Gasteiger partial charge >= 0.3 is 0 Å². The van der Waals surface area contributed by atoms with Crippen LogP contribution in [0.5, 0.6) is 5.75 Å². The minimum absolute atomic E-state index is 0.0155. The quantitative estimate of drug-likeness (QED) is 0.558. The van der Waals surface area contributed by atoms with Gasteiger partial charge in [0, 0.05) is 11.6 Å². The number of carbonyl (C=O) groups excluding carboxylic acids is 1. The highest BCUT2D eigenvalue weighted by Gasteiger charge is 2.26. The Morgan fingerprint density at radius 2 is 2.26 bits per heavy atom. The lowest BCUT2D eigenvalue weighted by atomic mass is 10.2. The number of nitrogens with zero attached hydrogens (tertiary/aromatic N) is 2. The Morgan fingerprint density at radius 1 is 1.47 bits per heavy atom. The summed E-state index contributed by atoms with van der Waals surface area (Å²) in [5.41, 5.74) is 6.26. The number of amides is 1. The number of nitrogen functional groups attached to an aromatic ring is 1. The second-order valence-corrected chi connectivity index (χ2v) is 4.44. The molecule has 4 N–H and O–H groups in total. The fraction of sp³-hybridized carbons (Fsp3) is 0.250. The first-order chi connectivity index (χ1) is 9.13. The molecule has 0 unspecified atom stereocenters. The molecule has 1 amide bonds. The van der Waals surface area contributed by atoms with Crippen molar-refractivity contribution in [3.8, 4) is 17.2 Å². The third kappa shape index (κ3) is 2.35. The van der Waals surface area contributed by atoms with Crippen LogP contribution in [0.4, 0.5) is 5.69 Å². The molecule has 0 saturated heterocycles. The Bertz CT molecular complexity index is 634. The fourth-order valence-electron chi connectivity index (χ4n) is 1.59. The summed E-state index contributed by atoms with van der Waals surface area (Å²) in [6.45, 7) is 0. The number of carbonyl (C=O) groups is 1. The number of benzene rings is 1. The van der Waals surface area contributed by atoms with Crippen LogP contribution in [0.25, 0.3) is 11.5 Å². The van der Waals surface area contributed by atoms with Gasteiger partial charge in [-0.2, -0.15) is 4.98 Å². The zero-order valence-corrected chi connectivity index (χ0v) is 9.96. The number of hydrogen-bond donors (Lipinski definition) is 3. The molecule has 7 nitrogen and oxygen atoms in total. The Labute approximate surface area is 108 Å². The Balaban J connectivity index is 1.83. The summed E-state index contributed by atoms with van der Waals surface area (Å²) >= 11 is 0. The van der Waals surface area contributed by atoms with E-state index in [1.54, 1.807) is 6.07 Å². The monoisotopic (exact) mass is 260 g/mol. The van der Waals surface area contributed by atoms with E-state index in [1.807, 2.05) is 0 Å². The van der Waals surface area contributed by atoms with Gasteiger partial charge in [0.15, 0.2) is 0 Å². The molecule has 1 aromatic carbocycles. The molecule has 0 aliphatic heterocycles. The molecule has 1 aromatic heterocycles. The lowest BCUT2D eigenvalue weighted by molar-refractivity contribution is 0.0937. The van der Waals surface area contributed by atoms with E-state index in [1.165, 1.54) is 12.1 Å². The molecule has 2 aromatic rings. The van der Waals surface area contributed by atoms with Crippen LogP contribution in [0.15, 0.2) is 22.7 Å². The number of phenols is 1. The highest BCUT2D eigenvalue weighted by molar-refractivity contribution is 5.91. The second-order valence-electron chi connectivity index (χ2n) is 4.44. The van der Waals surface area contributed by atoms with Gasteiger partial charge < -0.3 is 20.7 Å². The third-order valence-corrected chi connectivity index (χ3v) is 2.82. The zero-order valence-electron chi connectivity index (χ0n) is 9.96. The number of nitrogens with one attached hydrogen (secondary N) is 1. The number of aromatic hydroxyl groups is 1. The second kappa shape index (κ2) is 4.27. The van der Waals surface area contributed by atoms with Gasteiger partial charge in [-0.25, -0.2) is 0 Å². The lowest BCUT2D eigenvalue weighted by Crippen LogP contribution is -2.26. The summed E-state index contributed by atoms with van der Waals surface area (Å²) in [6, 6.07) is 4.80. The van der Waals surface area contributed by atoms with Crippen molar-refractivity contribution in [3.63, 3.8) is 0 Å². The van der Waals surface area contributed by atoms with Gasteiger partial charge in [-0.3, -0.25) is 4.79 Å².